The number of halogens is 4. The van der Waals surface area contributed by atoms with Crippen molar-refractivity contribution < 1.29 is 13.2 Å². The molecule has 0 radical (unpaired) electrons. The minimum absolute atomic E-state index is 0.179. The smallest absolute Gasteiger partial charge is 0.370 e. The Morgan fingerprint density at radius 2 is 2.19 bits per heavy atom. The summed E-state index contributed by atoms with van der Waals surface area (Å²) < 4.78 is 37.1. The molecule has 0 spiro atoms. The second-order valence-electron chi connectivity index (χ2n) is 3.57. The first-order chi connectivity index (χ1) is 7.43. The third kappa shape index (κ3) is 3.89. The van der Waals surface area contributed by atoms with Gasteiger partial charge in [0.05, 0.1) is 5.56 Å². The molecule has 2 nitrogen and oxygen atoms in total. The Labute approximate surface area is 96.8 Å². The van der Waals surface area contributed by atoms with Crippen molar-refractivity contribution in [1.29, 1.82) is 0 Å². The normalized spacial score (nSPS) is 13.6. The fourth-order valence-electron chi connectivity index (χ4n) is 1.04. The van der Waals surface area contributed by atoms with Gasteiger partial charge < -0.3 is 5.32 Å². The molecular weight excluding hydrogens is 241 g/mol. The first-order valence-electron chi connectivity index (χ1n) is 4.76. The molecule has 6 heteroatoms. The van der Waals surface area contributed by atoms with E-state index >= 15 is 0 Å². The van der Waals surface area contributed by atoms with E-state index in [0.717, 1.165) is 18.3 Å². The molecule has 1 heterocycles. The van der Waals surface area contributed by atoms with E-state index in [1.807, 2.05) is 6.92 Å². The van der Waals surface area contributed by atoms with Gasteiger partial charge in [-0.25, -0.2) is 4.98 Å². The summed E-state index contributed by atoms with van der Waals surface area (Å²) in [6, 6.07) is 1.93. The maximum absolute atomic E-state index is 12.4. The van der Waals surface area contributed by atoms with Crippen LogP contribution in [-0.2, 0) is 6.18 Å². The molecule has 1 aromatic rings. The molecule has 0 saturated heterocycles. The van der Waals surface area contributed by atoms with Crippen molar-refractivity contribution in [2.75, 3.05) is 17.7 Å². The lowest BCUT2D eigenvalue weighted by Crippen LogP contribution is -2.14. The van der Waals surface area contributed by atoms with Crippen LogP contribution >= 0.6 is 11.6 Å². The second kappa shape index (κ2) is 5.39. The highest BCUT2D eigenvalue weighted by molar-refractivity contribution is 6.18. The monoisotopic (exact) mass is 252 g/mol. The van der Waals surface area contributed by atoms with Crippen LogP contribution in [0, 0.1) is 5.92 Å². The number of pyridine rings is 1. The van der Waals surface area contributed by atoms with Crippen LogP contribution < -0.4 is 5.32 Å². The fraction of sp³-hybridized carbons (Fsp3) is 0.500. The predicted octanol–water partition coefficient (Wildman–Crippen LogP) is 3.39. The quantitative estimate of drug-likeness (QED) is 0.831. The van der Waals surface area contributed by atoms with Crippen LogP contribution in [0.25, 0.3) is 0 Å². The van der Waals surface area contributed by atoms with Crippen molar-refractivity contribution in [3.8, 4) is 0 Å². The van der Waals surface area contributed by atoms with E-state index in [9.17, 15) is 13.2 Å². The summed E-state index contributed by atoms with van der Waals surface area (Å²) in [7, 11) is 0. The number of nitrogens with zero attached hydrogens (tertiary/aromatic N) is 1. The van der Waals surface area contributed by atoms with E-state index in [2.05, 4.69) is 10.3 Å². The van der Waals surface area contributed by atoms with Crippen molar-refractivity contribution in [3.05, 3.63) is 23.9 Å². The van der Waals surface area contributed by atoms with Crippen LogP contribution in [0.1, 0.15) is 12.5 Å². The Balaban J connectivity index is 2.68. The molecule has 0 aliphatic carbocycles. The van der Waals surface area contributed by atoms with E-state index < -0.39 is 11.7 Å². The fourth-order valence-corrected chi connectivity index (χ4v) is 1.15. The Hall–Kier alpha value is -0.970. The summed E-state index contributed by atoms with van der Waals surface area (Å²) in [5.74, 6) is 0.844. The Kier molecular flexibility index (Phi) is 4.41. The third-order valence-corrected chi connectivity index (χ3v) is 2.51. The van der Waals surface area contributed by atoms with E-state index in [1.54, 1.807) is 0 Å². The molecule has 0 aromatic carbocycles. The standard InChI is InChI=1S/C10H12ClF3N2/c1-7(5-11)6-16-9-4-8(2-3-15-9)10(12,13)14/h2-4,7H,5-6H2,1H3,(H,15,16). The molecule has 0 fully saturated rings. The van der Waals surface area contributed by atoms with Gasteiger partial charge >= 0.3 is 6.18 Å². The van der Waals surface area contributed by atoms with Crippen LogP contribution in [0.4, 0.5) is 19.0 Å². The van der Waals surface area contributed by atoms with Crippen LogP contribution in [0.2, 0.25) is 0 Å². The minimum atomic E-state index is -4.34. The van der Waals surface area contributed by atoms with Gasteiger partial charge in [0.1, 0.15) is 5.82 Å². The molecule has 16 heavy (non-hydrogen) atoms. The summed E-state index contributed by atoms with van der Waals surface area (Å²) in [5.41, 5.74) is -0.705. The van der Waals surface area contributed by atoms with Crippen molar-refractivity contribution in [2.45, 2.75) is 13.1 Å². The number of nitrogens with one attached hydrogen (secondary N) is 1. The van der Waals surface area contributed by atoms with E-state index in [0.29, 0.717) is 12.4 Å². The zero-order chi connectivity index (χ0) is 12.2. The summed E-state index contributed by atoms with van der Waals surface area (Å²) in [6.07, 6.45) is -3.20. The molecule has 1 atom stereocenters. The van der Waals surface area contributed by atoms with E-state index in [-0.39, 0.29) is 11.7 Å². The molecule has 1 aromatic heterocycles. The van der Waals surface area contributed by atoms with Gasteiger partial charge in [-0.3, -0.25) is 0 Å². The number of anilines is 1. The Morgan fingerprint density at radius 3 is 2.75 bits per heavy atom. The number of hydrogen-bond acceptors (Lipinski definition) is 2. The second-order valence-corrected chi connectivity index (χ2v) is 3.88. The van der Waals surface area contributed by atoms with Gasteiger partial charge in [-0.15, -0.1) is 11.6 Å². The maximum Gasteiger partial charge on any atom is 0.416 e. The van der Waals surface area contributed by atoms with Crippen molar-refractivity contribution in [3.63, 3.8) is 0 Å². The number of hydrogen-bond donors (Lipinski definition) is 1. The summed E-state index contributed by atoms with van der Waals surface area (Å²) >= 11 is 5.58. The maximum atomic E-state index is 12.4. The van der Waals surface area contributed by atoms with Gasteiger partial charge in [0.2, 0.25) is 0 Å². The summed E-state index contributed by atoms with van der Waals surface area (Å²) in [5, 5.41) is 2.81. The highest BCUT2D eigenvalue weighted by atomic mass is 35.5. The lowest BCUT2D eigenvalue weighted by atomic mass is 10.2. The summed E-state index contributed by atoms with van der Waals surface area (Å²) in [6.45, 7) is 2.39. The van der Waals surface area contributed by atoms with Gasteiger partial charge in [-0.05, 0) is 18.1 Å². The van der Waals surface area contributed by atoms with Gasteiger partial charge in [0, 0.05) is 18.6 Å². The Bertz CT molecular complexity index is 341. The van der Waals surface area contributed by atoms with Crippen molar-refractivity contribution >= 4 is 17.4 Å². The SMILES string of the molecule is CC(CCl)CNc1cc(C(F)(F)F)ccn1. The number of alkyl halides is 4. The largest absolute Gasteiger partial charge is 0.416 e. The summed E-state index contributed by atoms with van der Waals surface area (Å²) in [4.78, 5) is 3.80. The van der Waals surface area contributed by atoms with Crippen LogP contribution in [-0.4, -0.2) is 17.4 Å². The first-order valence-corrected chi connectivity index (χ1v) is 5.30. The highest BCUT2D eigenvalue weighted by Crippen LogP contribution is 2.29. The van der Waals surface area contributed by atoms with Crippen LogP contribution in [0.15, 0.2) is 18.3 Å². The third-order valence-electron chi connectivity index (χ3n) is 1.98. The van der Waals surface area contributed by atoms with Crippen molar-refractivity contribution in [1.82, 2.24) is 4.98 Å². The van der Waals surface area contributed by atoms with Gasteiger partial charge in [-0.1, -0.05) is 6.92 Å². The van der Waals surface area contributed by atoms with Crippen LogP contribution in [0.5, 0.6) is 0 Å². The molecule has 0 bridgehead atoms. The average molecular weight is 253 g/mol. The topological polar surface area (TPSA) is 24.9 Å². The highest BCUT2D eigenvalue weighted by Gasteiger charge is 2.30. The van der Waals surface area contributed by atoms with Gasteiger partial charge in [-0.2, -0.15) is 13.2 Å². The molecule has 1 unspecified atom stereocenters. The molecule has 90 valence electrons. The lowest BCUT2D eigenvalue weighted by molar-refractivity contribution is -0.137. The van der Waals surface area contributed by atoms with E-state index in [4.69, 9.17) is 11.6 Å². The minimum Gasteiger partial charge on any atom is -0.370 e. The predicted molar refractivity (Wildman–Crippen MR) is 57.6 cm³/mol. The molecule has 0 aliphatic rings. The molecule has 0 saturated carbocycles. The van der Waals surface area contributed by atoms with Crippen LogP contribution in [0.3, 0.4) is 0 Å². The average Bonchev–Trinajstić information content (AvgIpc) is 2.25. The number of rotatable bonds is 4. The zero-order valence-electron chi connectivity index (χ0n) is 8.68. The first kappa shape index (κ1) is 13.1. The zero-order valence-corrected chi connectivity index (χ0v) is 9.44. The molecule has 0 amide bonds. The van der Waals surface area contributed by atoms with E-state index in [1.165, 1.54) is 0 Å². The molecule has 1 rings (SSSR count). The lowest BCUT2D eigenvalue weighted by Gasteiger charge is -2.11. The van der Waals surface area contributed by atoms with Crippen molar-refractivity contribution in [2.24, 2.45) is 5.92 Å². The molecule has 0 aliphatic heterocycles. The number of aromatic nitrogens is 1. The molecular formula is C10H12ClF3N2. The Morgan fingerprint density at radius 1 is 1.50 bits per heavy atom. The van der Waals surface area contributed by atoms with Gasteiger partial charge in [0.25, 0.3) is 0 Å². The van der Waals surface area contributed by atoms with Gasteiger partial charge in [0.15, 0.2) is 0 Å². The molecule has 1 N–H and O–H groups in total.